The van der Waals surface area contributed by atoms with Crippen LogP contribution in [0.5, 0.6) is 0 Å². The van der Waals surface area contributed by atoms with Gasteiger partial charge in [-0.15, -0.1) is 0 Å². The number of hydrogen-bond acceptors (Lipinski definition) is 4. The van der Waals surface area contributed by atoms with Gasteiger partial charge < -0.3 is 9.84 Å². The van der Waals surface area contributed by atoms with Crippen molar-refractivity contribution in [2.75, 3.05) is 12.0 Å². The van der Waals surface area contributed by atoms with Crippen LogP contribution in [0.25, 0.3) is 0 Å². The molecule has 27 heavy (non-hydrogen) atoms. The Balaban J connectivity index is 2.16. The highest BCUT2D eigenvalue weighted by Crippen LogP contribution is 2.48. The molecule has 2 aromatic carbocycles. The number of alkyl halides is 2. The summed E-state index contributed by atoms with van der Waals surface area (Å²) in [5.74, 6) is -1.01. The lowest BCUT2D eigenvalue weighted by molar-refractivity contribution is -0.124. The molecule has 1 N–H and O–H groups in total. The summed E-state index contributed by atoms with van der Waals surface area (Å²) in [6.45, 7) is 1.53. The van der Waals surface area contributed by atoms with Gasteiger partial charge in [0.2, 0.25) is 5.91 Å². The average Bonchev–Trinajstić information content (AvgIpc) is 2.88. The minimum Gasteiger partial charge on any atom is -0.465 e. The number of amides is 1. The highest BCUT2D eigenvalue weighted by atomic mass is 19.3. The van der Waals surface area contributed by atoms with E-state index in [2.05, 4.69) is 0 Å². The van der Waals surface area contributed by atoms with Crippen LogP contribution in [0, 0.1) is 0 Å². The maximum atomic E-state index is 13.2. The fraction of sp³-hybridized carbons (Fsp3) is 0.300. The molecule has 1 aliphatic heterocycles. The van der Waals surface area contributed by atoms with E-state index in [1.54, 1.807) is 36.4 Å². The summed E-state index contributed by atoms with van der Waals surface area (Å²) in [7, 11) is 1.25. The van der Waals surface area contributed by atoms with E-state index in [1.165, 1.54) is 31.1 Å². The van der Waals surface area contributed by atoms with Gasteiger partial charge in [0.05, 0.1) is 23.8 Å². The summed E-state index contributed by atoms with van der Waals surface area (Å²) in [5, 5.41) is 9.74. The topological polar surface area (TPSA) is 66.8 Å². The zero-order valence-corrected chi connectivity index (χ0v) is 14.9. The Morgan fingerprint density at radius 3 is 2.48 bits per heavy atom. The molecule has 0 saturated heterocycles. The Morgan fingerprint density at radius 1 is 1.22 bits per heavy atom. The van der Waals surface area contributed by atoms with Crippen LogP contribution in [-0.2, 0) is 14.9 Å². The molecule has 3 rings (SSSR count). The van der Waals surface area contributed by atoms with Crippen molar-refractivity contribution in [3.8, 4) is 0 Å². The van der Waals surface area contributed by atoms with Crippen molar-refractivity contribution in [1.82, 2.24) is 0 Å². The number of anilines is 2. The van der Waals surface area contributed by atoms with Crippen molar-refractivity contribution in [3.63, 3.8) is 0 Å². The fourth-order valence-corrected chi connectivity index (χ4v) is 3.44. The fourth-order valence-electron chi connectivity index (χ4n) is 3.44. The third-order valence-corrected chi connectivity index (χ3v) is 4.85. The average molecular weight is 375 g/mol. The number of aliphatic hydroxyl groups is 1. The molecule has 0 spiro atoms. The van der Waals surface area contributed by atoms with Gasteiger partial charge in [0, 0.05) is 5.69 Å². The molecule has 7 heteroatoms. The Morgan fingerprint density at radius 2 is 1.89 bits per heavy atom. The monoisotopic (exact) mass is 375 g/mol. The molecule has 1 heterocycles. The molecular weight excluding hydrogens is 356 g/mol. The summed E-state index contributed by atoms with van der Waals surface area (Å²) in [6.07, 6.45) is -5.33. The third kappa shape index (κ3) is 3.19. The van der Waals surface area contributed by atoms with Gasteiger partial charge in [-0.25, -0.2) is 13.6 Å². The normalized spacial score (nSPS) is 19.9. The number of methoxy groups -OCH3 is 1. The lowest BCUT2D eigenvalue weighted by Crippen LogP contribution is -2.40. The first-order valence-corrected chi connectivity index (χ1v) is 8.38. The van der Waals surface area contributed by atoms with Gasteiger partial charge in [-0.3, -0.25) is 9.69 Å². The second-order valence-corrected chi connectivity index (χ2v) is 6.64. The Labute approximate surface area is 155 Å². The number of para-hydroxylation sites is 1. The number of carbonyl (C=O) groups is 2. The molecule has 0 fully saturated rings. The number of benzene rings is 2. The van der Waals surface area contributed by atoms with Crippen molar-refractivity contribution >= 4 is 23.3 Å². The molecule has 2 atom stereocenters. The summed E-state index contributed by atoms with van der Waals surface area (Å²) in [5.41, 5.74) is 0.321. The molecule has 2 aromatic rings. The van der Waals surface area contributed by atoms with Gasteiger partial charge in [0.25, 0.3) is 6.43 Å². The quantitative estimate of drug-likeness (QED) is 0.813. The SMILES string of the molecule is COC(=O)c1ccc2c(c1)N(c1ccccc1)C(=O)C2(C)CC(O)C(F)F. The van der Waals surface area contributed by atoms with Crippen LogP contribution in [-0.4, -0.2) is 36.6 Å². The number of ether oxygens (including phenoxy) is 1. The number of carbonyl (C=O) groups excluding carboxylic acids is 2. The summed E-state index contributed by atoms with van der Waals surface area (Å²) in [4.78, 5) is 26.5. The van der Waals surface area contributed by atoms with Crippen LogP contribution in [0.15, 0.2) is 48.5 Å². The molecule has 2 unspecified atom stereocenters. The van der Waals surface area contributed by atoms with Crippen molar-refractivity contribution in [2.24, 2.45) is 0 Å². The third-order valence-electron chi connectivity index (χ3n) is 4.85. The van der Waals surface area contributed by atoms with Gasteiger partial charge >= 0.3 is 5.97 Å². The van der Waals surface area contributed by atoms with Crippen molar-refractivity contribution in [1.29, 1.82) is 0 Å². The summed E-state index contributed by atoms with van der Waals surface area (Å²) >= 11 is 0. The first kappa shape index (κ1) is 19.0. The van der Waals surface area contributed by atoms with E-state index in [4.69, 9.17) is 4.74 Å². The molecule has 5 nitrogen and oxygen atoms in total. The Bertz CT molecular complexity index is 872. The van der Waals surface area contributed by atoms with E-state index in [9.17, 15) is 23.5 Å². The minimum absolute atomic E-state index is 0.239. The van der Waals surface area contributed by atoms with E-state index in [0.29, 0.717) is 16.9 Å². The summed E-state index contributed by atoms with van der Waals surface area (Å²) < 4.78 is 30.6. The molecule has 142 valence electrons. The summed E-state index contributed by atoms with van der Waals surface area (Å²) in [6, 6.07) is 13.2. The number of esters is 1. The number of rotatable bonds is 5. The van der Waals surface area contributed by atoms with E-state index in [0.717, 1.165) is 0 Å². The van der Waals surface area contributed by atoms with Crippen LogP contribution in [0.2, 0.25) is 0 Å². The minimum atomic E-state index is -2.96. The highest BCUT2D eigenvalue weighted by Gasteiger charge is 2.50. The van der Waals surface area contributed by atoms with Crippen molar-refractivity contribution in [2.45, 2.75) is 31.3 Å². The van der Waals surface area contributed by atoms with Crippen LogP contribution in [0.4, 0.5) is 20.2 Å². The van der Waals surface area contributed by atoms with Crippen LogP contribution >= 0.6 is 0 Å². The predicted molar refractivity (Wildman–Crippen MR) is 95.3 cm³/mol. The lowest BCUT2D eigenvalue weighted by atomic mass is 9.78. The zero-order chi connectivity index (χ0) is 19.8. The molecule has 1 aliphatic rings. The lowest BCUT2D eigenvalue weighted by Gasteiger charge is -2.26. The number of hydrogen-bond donors (Lipinski definition) is 1. The van der Waals surface area contributed by atoms with Gasteiger partial charge in [-0.1, -0.05) is 24.3 Å². The molecular formula is C20H19F2NO4. The van der Waals surface area contributed by atoms with Crippen LogP contribution in [0.3, 0.4) is 0 Å². The highest BCUT2D eigenvalue weighted by molar-refractivity contribution is 6.13. The standard InChI is InChI=1S/C20H19F2NO4/c1-20(11-16(24)17(21)22)14-9-8-12(18(25)27-2)10-15(14)23(19(20)26)13-6-4-3-5-7-13/h3-10,16-17,24H,11H2,1-2H3. The predicted octanol–water partition coefficient (Wildman–Crippen LogP) is 3.43. The van der Waals surface area contributed by atoms with Crippen LogP contribution in [0.1, 0.15) is 29.3 Å². The number of nitrogens with zero attached hydrogens (tertiary/aromatic N) is 1. The largest absolute Gasteiger partial charge is 0.465 e. The number of halogens is 2. The molecule has 0 aromatic heterocycles. The zero-order valence-electron chi connectivity index (χ0n) is 14.9. The number of aliphatic hydroxyl groups excluding tert-OH is 1. The number of fused-ring (bicyclic) bond motifs is 1. The van der Waals surface area contributed by atoms with Crippen molar-refractivity contribution < 1.29 is 28.2 Å². The van der Waals surface area contributed by atoms with Gasteiger partial charge in [0.15, 0.2) is 0 Å². The molecule has 0 aliphatic carbocycles. The molecule has 1 amide bonds. The second kappa shape index (κ2) is 7.08. The van der Waals surface area contributed by atoms with E-state index in [1.807, 2.05) is 0 Å². The van der Waals surface area contributed by atoms with E-state index >= 15 is 0 Å². The van der Waals surface area contributed by atoms with Gasteiger partial charge in [0.1, 0.15) is 6.10 Å². The Hall–Kier alpha value is -2.80. The smallest absolute Gasteiger partial charge is 0.337 e. The molecule has 0 bridgehead atoms. The Kier molecular flexibility index (Phi) is 4.97. The van der Waals surface area contributed by atoms with Crippen LogP contribution < -0.4 is 4.90 Å². The van der Waals surface area contributed by atoms with Gasteiger partial charge in [-0.2, -0.15) is 0 Å². The first-order valence-electron chi connectivity index (χ1n) is 8.38. The molecule has 0 radical (unpaired) electrons. The van der Waals surface area contributed by atoms with Crippen molar-refractivity contribution in [3.05, 3.63) is 59.7 Å². The van der Waals surface area contributed by atoms with Gasteiger partial charge in [-0.05, 0) is 43.2 Å². The van der Waals surface area contributed by atoms with E-state index < -0.39 is 36.2 Å². The molecule has 0 saturated carbocycles. The maximum Gasteiger partial charge on any atom is 0.337 e. The van der Waals surface area contributed by atoms with E-state index in [-0.39, 0.29) is 5.56 Å². The first-order chi connectivity index (χ1) is 12.8. The maximum absolute atomic E-state index is 13.2. The second-order valence-electron chi connectivity index (χ2n) is 6.64.